The molecule has 140 valence electrons. The molecule has 0 N–H and O–H groups in total. The number of hydrogen-bond donors (Lipinski definition) is 0. The van der Waals surface area contributed by atoms with E-state index in [1.165, 1.54) is 11.1 Å². The second-order valence-electron chi connectivity index (χ2n) is 6.75. The number of carbonyl (C=O) groups is 2. The summed E-state index contributed by atoms with van der Waals surface area (Å²) in [4.78, 5) is 24.9. The summed E-state index contributed by atoms with van der Waals surface area (Å²) < 4.78 is 16.1. The van der Waals surface area contributed by atoms with Crippen LogP contribution in [-0.4, -0.2) is 31.8 Å². The van der Waals surface area contributed by atoms with Gasteiger partial charge >= 0.3 is 11.9 Å². The van der Waals surface area contributed by atoms with Crippen molar-refractivity contribution in [3.8, 4) is 0 Å². The third-order valence-electron chi connectivity index (χ3n) is 5.18. The van der Waals surface area contributed by atoms with Gasteiger partial charge in [0.05, 0.1) is 26.4 Å². The largest absolute Gasteiger partial charge is 0.465 e. The molecule has 0 amide bonds. The second kappa shape index (κ2) is 8.49. The molecule has 3 rings (SSSR count). The van der Waals surface area contributed by atoms with Gasteiger partial charge in [0.2, 0.25) is 0 Å². The molecule has 26 heavy (non-hydrogen) atoms. The molecule has 0 fully saturated rings. The molecule has 0 saturated carbocycles. The number of benzene rings is 1. The Morgan fingerprint density at radius 1 is 1.12 bits per heavy atom. The summed E-state index contributed by atoms with van der Waals surface area (Å²) in [6.45, 7) is 5.21. The lowest BCUT2D eigenvalue weighted by atomic mass is 9.71. The third-order valence-corrected chi connectivity index (χ3v) is 5.18. The van der Waals surface area contributed by atoms with Crippen molar-refractivity contribution in [3.63, 3.8) is 0 Å². The van der Waals surface area contributed by atoms with E-state index in [4.69, 9.17) is 14.2 Å². The summed E-state index contributed by atoms with van der Waals surface area (Å²) in [6.07, 6.45) is 4.76. The molecule has 5 nitrogen and oxygen atoms in total. The van der Waals surface area contributed by atoms with Crippen molar-refractivity contribution in [1.82, 2.24) is 0 Å². The molecule has 0 radical (unpaired) electrons. The molecule has 2 aliphatic rings. The Kier molecular flexibility index (Phi) is 6.09. The first kappa shape index (κ1) is 18.6. The number of hydrogen-bond acceptors (Lipinski definition) is 5. The SMILES string of the molecule is CCOC(=O)C(C(=O)OCC)[C@H]1C=C[C@@H]2COCc3ccccc3[C@@H]2C1. The van der Waals surface area contributed by atoms with E-state index in [0.717, 1.165) is 0 Å². The number of carbonyl (C=O) groups excluding carboxylic acids is 2. The van der Waals surface area contributed by atoms with Crippen molar-refractivity contribution < 1.29 is 23.8 Å². The van der Waals surface area contributed by atoms with Crippen LogP contribution in [0.1, 0.15) is 37.3 Å². The van der Waals surface area contributed by atoms with E-state index in [0.29, 0.717) is 19.6 Å². The summed E-state index contributed by atoms with van der Waals surface area (Å²) in [5.74, 6) is -1.69. The van der Waals surface area contributed by atoms with Crippen molar-refractivity contribution in [1.29, 1.82) is 0 Å². The maximum absolute atomic E-state index is 12.5. The summed E-state index contributed by atoms with van der Waals surface area (Å²) in [5, 5.41) is 0. The minimum atomic E-state index is -0.913. The molecule has 0 saturated heterocycles. The van der Waals surface area contributed by atoms with E-state index in [1.54, 1.807) is 13.8 Å². The van der Waals surface area contributed by atoms with E-state index >= 15 is 0 Å². The van der Waals surface area contributed by atoms with E-state index in [2.05, 4.69) is 18.2 Å². The van der Waals surface area contributed by atoms with Crippen LogP contribution in [-0.2, 0) is 30.4 Å². The zero-order valence-corrected chi connectivity index (χ0v) is 15.4. The molecule has 0 bridgehead atoms. The van der Waals surface area contributed by atoms with Crippen LogP contribution in [0.15, 0.2) is 36.4 Å². The van der Waals surface area contributed by atoms with Crippen LogP contribution in [0, 0.1) is 17.8 Å². The highest BCUT2D eigenvalue weighted by atomic mass is 16.6. The Bertz CT molecular complexity index is 663. The molecule has 5 heteroatoms. The Morgan fingerprint density at radius 3 is 2.50 bits per heavy atom. The van der Waals surface area contributed by atoms with Gasteiger partial charge in [-0.25, -0.2) is 0 Å². The Hall–Kier alpha value is -2.14. The van der Waals surface area contributed by atoms with Crippen molar-refractivity contribution in [2.75, 3.05) is 19.8 Å². The maximum atomic E-state index is 12.5. The summed E-state index contributed by atoms with van der Waals surface area (Å²) in [7, 11) is 0. The van der Waals surface area contributed by atoms with Gasteiger partial charge in [0.25, 0.3) is 0 Å². The standard InChI is InChI=1S/C21H26O5/c1-3-25-20(22)19(21(23)26-4-2)14-9-10-16-13-24-12-15-7-5-6-8-17(15)18(16)11-14/h5-10,14,16,18-19H,3-4,11-13H2,1-2H3/t14-,16+,18+/m0/s1. The normalized spacial score (nSPS) is 24.3. The second-order valence-corrected chi connectivity index (χ2v) is 6.75. The molecule has 1 aromatic rings. The van der Waals surface area contributed by atoms with Crippen LogP contribution in [0.4, 0.5) is 0 Å². The smallest absolute Gasteiger partial charge is 0.320 e. The topological polar surface area (TPSA) is 61.8 Å². The highest BCUT2D eigenvalue weighted by Crippen LogP contribution is 2.42. The van der Waals surface area contributed by atoms with Crippen molar-refractivity contribution >= 4 is 11.9 Å². The van der Waals surface area contributed by atoms with Crippen LogP contribution >= 0.6 is 0 Å². The van der Waals surface area contributed by atoms with Gasteiger partial charge in [0.1, 0.15) is 0 Å². The van der Waals surface area contributed by atoms with Crippen LogP contribution in [0.5, 0.6) is 0 Å². The van der Waals surface area contributed by atoms with Crippen molar-refractivity contribution in [2.45, 2.75) is 32.8 Å². The molecular weight excluding hydrogens is 332 g/mol. The van der Waals surface area contributed by atoms with Gasteiger partial charge in [-0.15, -0.1) is 0 Å². The number of ether oxygens (including phenoxy) is 3. The summed E-state index contributed by atoms with van der Waals surface area (Å²) in [6, 6.07) is 8.25. The van der Waals surface area contributed by atoms with Crippen LogP contribution in [0.2, 0.25) is 0 Å². The molecule has 3 atom stereocenters. The maximum Gasteiger partial charge on any atom is 0.320 e. The fourth-order valence-corrected chi connectivity index (χ4v) is 3.98. The zero-order valence-electron chi connectivity index (χ0n) is 15.4. The monoisotopic (exact) mass is 358 g/mol. The number of rotatable bonds is 5. The Morgan fingerprint density at radius 2 is 1.81 bits per heavy atom. The predicted octanol–water partition coefficient (Wildman–Crippen LogP) is 3.24. The first-order valence-electron chi connectivity index (χ1n) is 9.32. The lowest BCUT2D eigenvalue weighted by molar-refractivity contribution is -0.163. The fraction of sp³-hybridized carbons (Fsp3) is 0.524. The molecule has 0 spiro atoms. The van der Waals surface area contributed by atoms with Gasteiger partial charge in [-0.1, -0.05) is 36.4 Å². The molecule has 1 aromatic carbocycles. The molecule has 1 aliphatic heterocycles. The van der Waals surface area contributed by atoms with E-state index in [9.17, 15) is 9.59 Å². The molecule has 1 aliphatic carbocycles. The van der Waals surface area contributed by atoms with Gasteiger partial charge in [-0.3, -0.25) is 9.59 Å². The third kappa shape index (κ3) is 3.83. The number of esters is 2. The van der Waals surface area contributed by atoms with E-state index in [1.807, 2.05) is 18.2 Å². The summed E-state index contributed by atoms with van der Waals surface area (Å²) >= 11 is 0. The minimum absolute atomic E-state index is 0.218. The number of fused-ring (bicyclic) bond motifs is 3. The quantitative estimate of drug-likeness (QED) is 0.459. The highest BCUT2D eigenvalue weighted by Gasteiger charge is 2.41. The van der Waals surface area contributed by atoms with Crippen molar-refractivity contribution in [2.24, 2.45) is 17.8 Å². The Balaban J connectivity index is 1.89. The van der Waals surface area contributed by atoms with Gasteiger partial charge in [-0.05, 0) is 37.3 Å². The molecular formula is C21H26O5. The van der Waals surface area contributed by atoms with E-state index < -0.39 is 17.9 Å². The average molecular weight is 358 g/mol. The predicted molar refractivity (Wildman–Crippen MR) is 96.3 cm³/mol. The zero-order chi connectivity index (χ0) is 18.5. The van der Waals surface area contributed by atoms with Gasteiger partial charge in [0.15, 0.2) is 5.92 Å². The van der Waals surface area contributed by atoms with Gasteiger partial charge < -0.3 is 14.2 Å². The first-order valence-corrected chi connectivity index (χ1v) is 9.32. The van der Waals surface area contributed by atoms with Gasteiger partial charge in [-0.2, -0.15) is 0 Å². The first-order chi connectivity index (χ1) is 12.7. The Labute approximate surface area is 154 Å². The molecule has 1 heterocycles. The minimum Gasteiger partial charge on any atom is -0.465 e. The average Bonchev–Trinajstić information content (AvgIpc) is 2.82. The van der Waals surface area contributed by atoms with Gasteiger partial charge in [0, 0.05) is 11.8 Å². The lowest BCUT2D eigenvalue weighted by Gasteiger charge is -2.33. The van der Waals surface area contributed by atoms with Crippen LogP contribution in [0.25, 0.3) is 0 Å². The van der Waals surface area contributed by atoms with E-state index in [-0.39, 0.29) is 31.0 Å². The molecule has 0 unspecified atom stereocenters. The highest BCUT2D eigenvalue weighted by molar-refractivity contribution is 5.95. The molecule has 0 aromatic heterocycles. The lowest BCUT2D eigenvalue weighted by Crippen LogP contribution is -2.36. The van der Waals surface area contributed by atoms with Crippen molar-refractivity contribution in [3.05, 3.63) is 47.5 Å². The van der Waals surface area contributed by atoms with Crippen LogP contribution in [0.3, 0.4) is 0 Å². The van der Waals surface area contributed by atoms with Crippen LogP contribution < -0.4 is 0 Å². The summed E-state index contributed by atoms with van der Waals surface area (Å²) in [5.41, 5.74) is 2.42. The fourth-order valence-electron chi connectivity index (χ4n) is 3.98. The number of allylic oxidation sites excluding steroid dienone is 1.